The minimum absolute atomic E-state index is 0.00184. The maximum Gasteiger partial charge on any atom is 0.263 e. The number of amides is 2. The molecule has 7 aromatic rings. The van der Waals surface area contributed by atoms with Crippen molar-refractivity contribution in [1.82, 2.24) is 45.0 Å². The van der Waals surface area contributed by atoms with Crippen LogP contribution in [0, 0.1) is 11.8 Å². The van der Waals surface area contributed by atoms with Crippen LogP contribution >= 0.6 is 0 Å². The molecule has 5 aliphatic rings. The Bertz CT molecular complexity index is 4320. The van der Waals surface area contributed by atoms with E-state index in [1.54, 1.807) is 81.6 Å². The van der Waals surface area contributed by atoms with E-state index in [-0.39, 0.29) is 94.0 Å². The monoisotopic (exact) mass is 1380 g/mol. The van der Waals surface area contributed by atoms with Gasteiger partial charge in [-0.25, -0.2) is 28.1 Å². The summed E-state index contributed by atoms with van der Waals surface area (Å²) >= 11 is 0. The zero-order valence-electron chi connectivity index (χ0n) is 56.4. The van der Waals surface area contributed by atoms with Crippen LogP contribution in [0.2, 0.25) is 0 Å². The number of allylic oxidation sites excluding steroid dienone is 1. The van der Waals surface area contributed by atoms with Gasteiger partial charge in [0.2, 0.25) is 23.3 Å². The Morgan fingerprint density at radius 3 is 2.24 bits per heavy atom. The predicted molar refractivity (Wildman–Crippen MR) is 364 cm³/mol. The Hall–Kier alpha value is -10.1. The highest BCUT2D eigenvalue weighted by atomic mass is 32.2. The summed E-state index contributed by atoms with van der Waals surface area (Å²) in [6.07, 6.45) is 13.8. The van der Waals surface area contributed by atoms with Crippen LogP contribution in [0.5, 0.6) is 34.6 Å². The van der Waals surface area contributed by atoms with Crippen LogP contribution in [0.25, 0.3) is 11.6 Å². The first-order valence-corrected chi connectivity index (χ1v) is 34.1. The molecule has 2 amide bonds. The molecule has 12 rings (SSSR count). The van der Waals surface area contributed by atoms with Gasteiger partial charge in [0.05, 0.1) is 42.9 Å². The Morgan fingerprint density at radius 1 is 0.859 bits per heavy atom. The number of ether oxygens (including phenoxy) is 4. The number of hydrogen-bond donors (Lipinski definition) is 8. The number of primary amides is 1. The lowest BCUT2D eigenvalue weighted by Crippen LogP contribution is -2.63. The fraction of sp³-hybridized carbons (Fsp3) is 0.414. The number of carbonyl (C=O) groups excluding carboxylic acids is 4. The first-order valence-electron chi connectivity index (χ1n) is 32.6. The van der Waals surface area contributed by atoms with Crippen molar-refractivity contribution in [2.75, 3.05) is 70.1 Å². The van der Waals surface area contributed by atoms with E-state index >= 15 is 0 Å². The number of anilines is 3. The summed E-state index contributed by atoms with van der Waals surface area (Å²) in [6.45, 7) is 6.33. The predicted octanol–water partition coefficient (Wildman–Crippen LogP) is 7.86. The van der Waals surface area contributed by atoms with Gasteiger partial charge in [-0.2, -0.15) is 4.98 Å². The number of nitrogens with zero attached hydrogens (tertiary/aromatic N) is 10. The number of likely N-dealkylation sites (N-methyl/N-ethyl adjacent to an activating group) is 1. The molecule has 28 nitrogen and oxygen atoms in total. The summed E-state index contributed by atoms with van der Waals surface area (Å²) in [4.78, 5) is 70.5. The van der Waals surface area contributed by atoms with Gasteiger partial charge in [0, 0.05) is 62.2 Å². The molecule has 0 unspecified atom stereocenters. The highest BCUT2D eigenvalue weighted by Crippen LogP contribution is 2.53. The van der Waals surface area contributed by atoms with Gasteiger partial charge in [-0.15, -0.1) is 5.10 Å². The third-order valence-electron chi connectivity index (χ3n) is 18.1. The van der Waals surface area contributed by atoms with Gasteiger partial charge in [0.15, 0.2) is 40.3 Å². The molecule has 0 bridgehead atoms. The van der Waals surface area contributed by atoms with Gasteiger partial charge in [-0.1, -0.05) is 64.3 Å². The van der Waals surface area contributed by atoms with Gasteiger partial charge < -0.3 is 60.4 Å². The number of rotatable bonds is 20. The molecule has 4 aliphatic carbocycles. The molecule has 1 saturated carbocycles. The second kappa shape index (κ2) is 30.3. The highest BCUT2D eigenvalue weighted by molar-refractivity contribution is 7.92. The molecular weight excluding hydrogens is 1290 g/mol. The highest BCUT2D eigenvalue weighted by Gasteiger charge is 2.63. The van der Waals surface area contributed by atoms with E-state index in [9.17, 15) is 53.1 Å². The van der Waals surface area contributed by atoms with Gasteiger partial charge in [-0.05, 0) is 158 Å². The Kier molecular flexibility index (Phi) is 22.0. The number of benzene rings is 4. The third kappa shape index (κ3) is 15.4. The van der Waals surface area contributed by atoms with E-state index in [0.29, 0.717) is 30.4 Å². The number of unbranched alkanes of at least 4 members (excludes halogenated alkanes) is 1. The number of aliphatic hydroxyl groups excluding tert-OH is 3. The number of tetrazole rings is 1. The molecule has 0 spiro atoms. The maximum absolute atomic E-state index is 13.5. The molecule has 99 heavy (non-hydrogen) atoms. The third-order valence-corrected chi connectivity index (χ3v) is 19.4. The molecule has 1 aliphatic heterocycles. The number of phenolic OH excluding ortho intramolecular Hbond substituents is 1. The fourth-order valence-electron chi connectivity index (χ4n) is 13.1. The molecule has 0 radical (unpaired) electrons. The second-order valence-electron chi connectivity index (χ2n) is 26.1. The van der Waals surface area contributed by atoms with Crippen molar-refractivity contribution in [2.45, 2.75) is 126 Å². The lowest BCUT2D eigenvalue weighted by Gasteiger charge is -2.50. The Labute approximate surface area is 573 Å². The van der Waals surface area contributed by atoms with E-state index in [4.69, 9.17) is 24.7 Å². The van der Waals surface area contributed by atoms with Crippen LogP contribution in [-0.4, -0.2) is 169 Å². The van der Waals surface area contributed by atoms with Crippen LogP contribution < -0.4 is 39.6 Å². The molecule has 4 heterocycles. The number of para-hydroxylation sites is 2. The minimum atomic E-state index is -4.14. The van der Waals surface area contributed by atoms with E-state index in [2.05, 4.69) is 50.2 Å². The zero-order valence-corrected chi connectivity index (χ0v) is 57.2. The minimum Gasteiger partial charge on any atom is -0.510 e. The molecule has 1 fully saturated rings. The van der Waals surface area contributed by atoms with Crippen molar-refractivity contribution in [1.29, 1.82) is 0 Å². The summed E-state index contributed by atoms with van der Waals surface area (Å²) in [5.74, 6) is -4.29. The van der Waals surface area contributed by atoms with Gasteiger partial charge in [-0.3, -0.25) is 28.8 Å². The number of methoxy groups -OCH3 is 1. The number of hydrogen-bond acceptors (Lipinski definition) is 24. The van der Waals surface area contributed by atoms with E-state index < -0.39 is 68.1 Å². The topological polar surface area (TPSA) is 392 Å². The number of nitrogens with two attached hydrogens (primary N) is 1. The maximum atomic E-state index is 13.5. The SMILES string of the molecule is CN(C)c1ccc(O)c2c1C[C@H]1C[C@H]3[C@H](N(C)C)C(O)=C(C(N)=O)C(=O)[C@@]3(O)C(O)=C1C2=O.COc1ccccc1Oc1c(NS(=O)(=O)c2ccc(C(C)(C)C)cc2)nc(-c2ncccn2)nc1OCCO.O=C1CCc2cc(OCCCCc3nnnn3C3CCCCC3)ccc2N1. The van der Waals surface area contributed by atoms with Crippen molar-refractivity contribution in [3.63, 3.8) is 0 Å². The van der Waals surface area contributed by atoms with E-state index in [1.807, 2.05) is 39.0 Å². The normalized spacial score (nSPS) is 19.0. The smallest absolute Gasteiger partial charge is 0.263 e. The van der Waals surface area contributed by atoms with Crippen molar-refractivity contribution >= 4 is 50.6 Å². The largest absolute Gasteiger partial charge is 0.510 e. The molecule has 3 aromatic heterocycles. The van der Waals surface area contributed by atoms with E-state index in [0.717, 1.165) is 59.8 Å². The lowest BCUT2D eigenvalue weighted by molar-refractivity contribution is -0.148. The average molecular weight is 1380 g/mol. The molecule has 29 heteroatoms. The molecule has 0 saturated heterocycles. The van der Waals surface area contributed by atoms with Crippen molar-refractivity contribution in [3.8, 4) is 46.3 Å². The number of aromatic nitrogens is 8. The standard InChI is InChI=1S/C27H29N5O6S.C23H27N3O7.C20H27N5O2/c1-27(2,3)18-10-12-19(13-11-18)39(34,35)32-23-22(38-21-9-6-5-8-20(21)36-4)26(37-17-16-33)31-25(30-23)24-28-14-7-15-29-24;1-25(2)12-5-6-13(27)15-10(12)7-9-8-11-17(26(3)4)19(29)16(22(24)32)21(31)23(11,33)20(30)14(9)18(15)28;26-20-12-9-15-14-17(10-11-18(15)21-20)27-13-5-4-8-19-22-23-24-25(19)16-6-2-1-3-7-16/h5-15,33H,16-17H2,1-4H3,(H,30,31,32);5-6,9,11,17,27,29-30,33H,7-8H2,1-4H3,(H2,24,32);10-11,14,16H,1-9,12-13H2,(H,21,26)/t;9-,11-,17-,23-;/m.0./s1. The lowest BCUT2D eigenvalue weighted by atomic mass is 9.58. The van der Waals surface area contributed by atoms with Crippen LogP contribution in [-0.2, 0) is 49.1 Å². The number of sulfonamides is 1. The molecule has 524 valence electrons. The first kappa shape index (κ1) is 71.7. The quantitative estimate of drug-likeness (QED) is 0.0266. The number of phenols is 1. The van der Waals surface area contributed by atoms with Crippen LogP contribution in [0.1, 0.15) is 117 Å². The number of fused-ring (bicyclic) bond motifs is 4. The molecule has 4 aromatic carbocycles. The number of ketones is 2. The number of nitrogens with one attached hydrogen (secondary N) is 2. The summed E-state index contributed by atoms with van der Waals surface area (Å²) in [5.41, 5.74) is 5.91. The first-order chi connectivity index (χ1) is 47.2. The number of aliphatic hydroxyl groups is 4. The average Bonchev–Trinajstić information content (AvgIpc) is 1.00. The summed E-state index contributed by atoms with van der Waals surface area (Å²) in [6, 6.07) is 23.4. The van der Waals surface area contributed by atoms with Crippen molar-refractivity contribution in [2.24, 2.45) is 17.6 Å². The summed E-state index contributed by atoms with van der Waals surface area (Å²) in [7, 11) is 4.12. The van der Waals surface area contributed by atoms with Gasteiger partial charge >= 0.3 is 0 Å². The molecule has 9 N–H and O–H groups in total. The Morgan fingerprint density at radius 2 is 1.58 bits per heavy atom. The van der Waals surface area contributed by atoms with Crippen LogP contribution in [0.4, 0.5) is 17.2 Å². The number of Topliss-reactive ketones (excluding diaryl/α,β-unsaturated/α-hetero) is 2. The fourth-order valence-corrected chi connectivity index (χ4v) is 14.1. The summed E-state index contributed by atoms with van der Waals surface area (Å²) in [5, 5.41) is 68.6. The molecule has 4 atom stereocenters. The van der Waals surface area contributed by atoms with Crippen molar-refractivity contribution in [3.05, 3.63) is 148 Å². The van der Waals surface area contributed by atoms with Crippen LogP contribution in [0.3, 0.4) is 0 Å². The zero-order chi connectivity index (χ0) is 71.1. The van der Waals surface area contributed by atoms with Gasteiger partial charge in [0.1, 0.15) is 35.2 Å². The Balaban J connectivity index is 0.000000163. The second-order valence-corrected chi connectivity index (χ2v) is 27.8. The van der Waals surface area contributed by atoms with Crippen LogP contribution in [0.15, 0.2) is 125 Å². The number of carbonyl (C=O) groups is 4. The van der Waals surface area contributed by atoms with Crippen molar-refractivity contribution < 1.29 is 72.1 Å². The summed E-state index contributed by atoms with van der Waals surface area (Å²) < 4.78 is 54.5. The number of aryl methyl sites for hydroxylation is 2. The number of aromatic hydroxyl groups is 1. The van der Waals surface area contributed by atoms with Gasteiger partial charge in [0.25, 0.3) is 21.8 Å². The molecular formula is C70H83N13O15S. The van der Waals surface area contributed by atoms with E-state index in [1.165, 1.54) is 74.7 Å².